The smallest absolute Gasteiger partial charge is 0.434 e. The number of aryl methyl sites for hydroxylation is 1. The molecule has 0 aromatic carbocycles. The molecule has 4 nitrogen and oxygen atoms in total. The van der Waals surface area contributed by atoms with Gasteiger partial charge in [-0.1, -0.05) is 0 Å². The van der Waals surface area contributed by atoms with Crippen LogP contribution in [0.5, 0.6) is 0 Å². The van der Waals surface area contributed by atoms with E-state index in [9.17, 15) is 18.0 Å². The van der Waals surface area contributed by atoms with Gasteiger partial charge in [0.15, 0.2) is 5.69 Å². The van der Waals surface area contributed by atoms with Gasteiger partial charge in [-0.2, -0.15) is 13.2 Å². The Labute approximate surface area is 150 Å². The third kappa shape index (κ3) is 4.21. The third-order valence-corrected chi connectivity index (χ3v) is 6.38. The average Bonchev–Trinajstić information content (AvgIpc) is 3.15. The van der Waals surface area contributed by atoms with Crippen molar-refractivity contribution < 1.29 is 23.1 Å². The Bertz CT molecular complexity index is 770. The van der Waals surface area contributed by atoms with Crippen molar-refractivity contribution in [3.63, 3.8) is 0 Å². The highest BCUT2D eigenvalue weighted by Crippen LogP contribution is 2.35. The van der Waals surface area contributed by atoms with Gasteiger partial charge in [-0.3, -0.25) is 4.90 Å². The van der Waals surface area contributed by atoms with Crippen LogP contribution in [0.1, 0.15) is 49.6 Å². The molecule has 0 saturated carbocycles. The number of hydrogen-bond donors (Lipinski definition) is 1. The lowest BCUT2D eigenvalue weighted by Crippen LogP contribution is -2.34. The van der Waals surface area contributed by atoms with Gasteiger partial charge in [0.2, 0.25) is 0 Å². The number of rotatable bonds is 4. The van der Waals surface area contributed by atoms with Crippen molar-refractivity contribution in [1.29, 1.82) is 0 Å². The standard InChI is InChI=1S/C16H17F3N2O2S2/c1-9-11(5-12(25-9)15(22)23)7-21-4-2-3-10(6-21)14-20-13(8-24-14)16(17,18)19/h5,8,10H,2-4,6-7H2,1H3,(H,22,23). The SMILES string of the molecule is Cc1sc(C(=O)O)cc1CN1CCCC(c2nc(C(F)(F)F)cs2)C1. The molecule has 2 aromatic rings. The summed E-state index contributed by atoms with van der Waals surface area (Å²) in [6.07, 6.45) is -2.69. The highest BCUT2D eigenvalue weighted by atomic mass is 32.1. The maximum Gasteiger partial charge on any atom is 0.434 e. The number of hydrogen-bond acceptors (Lipinski definition) is 5. The summed E-state index contributed by atoms with van der Waals surface area (Å²) in [6, 6.07) is 1.69. The largest absolute Gasteiger partial charge is 0.477 e. The van der Waals surface area contributed by atoms with Gasteiger partial charge in [0.05, 0.1) is 5.01 Å². The summed E-state index contributed by atoms with van der Waals surface area (Å²) in [6.45, 7) is 4.00. The van der Waals surface area contributed by atoms with Crippen molar-refractivity contribution in [1.82, 2.24) is 9.88 Å². The van der Waals surface area contributed by atoms with Gasteiger partial charge >= 0.3 is 12.1 Å². The number of thiophene rings is 1. The molecular weight excluding hydrogens is 373 g/mol. The number of piperidine rings is 1. The lowest BCUT2D eigenvalue weighted by molar-refractivity contribution is -0.140. The fourth-order valence-electron chi connectivity index (χ4n) is 3.03. The summed E-state index contributed by atoms with van der Waals surface area (Å²) in [5.74, 6) is -0.939. The third-order valence-electron chi connectivity index (χ3n) is 4.29. The van der Waals surface area contributed by atoms with E-state index < -0.39 is 17.8 Å². The lowest BCUT2D eigenvalue weighted by Gasteiger charge is -2.31. The predicted octanol–water partition coefficient (Wildman–Crippen LogP) is 4.61. The fourth-order valence-corrected chi connectivity index (χ4v) is 4.86. The topological polar surface area (TPSA) is 53.4 Å². The van der Waals surface area contributed by atoms with E-state index >= 15 is 0 Å². The van der Waals surface area contributed by atoms with E-state index in [1.54, 1.807) is 6.07 Å². The van der Waals surface area contributed by atoms with Crippen molar-refractivity contribution in [3.8, 4) is 0 Å². The second kappa shape index (κ2) is 7.05. The van der Waals surface area contributed by atoms with Gasteiger partial charge in [-0.25, -0.2) is 9.78 Å². The van der Waals surface area contributed by atoms with Crippen molar-refractivity contribution in [3.05, 3.63) is 37.5 Å². The Morgan fingerprint density at radius 2 is 2.24 bits per heavy atom. The van der Waals surface area contributed by atoms with Crippen LogP contribution in [-0.4, -0.2) is 34.0 Å². The monoisotopic (exact) mass is 390 g/mol. The molecule has 1 aliphatic rings. The Balaban J connectivity index is 1.69. The molecule has 1 aliphatic heterocycles. The number of thiazole rings is 1. The van der Waals surface area contributed by atoms with E-state index in [0.717, 1.165) is 46.5 Å². The van der Waals surface area contributed by atoms with Crippen LogP contribution >= 0.6 is 22.7 Å². The number of carboxylic acid groups (broad SMARTS) is 1. The minimum atomic E-state index is -4.40. The van der Waals surface area contributed by atoms with Crippen LogP contribution in [0.3, 0.4) is 0 Å². The van der Waals surface area contributed by atoms with Gasteiger partial charge in [0, 0.05) is 29.3 Å². The van der Waals surface area contributed by atoms with Crippen LogP contribution in [0.15, 0.2) is 11.4 Å². The van der Waals surface area contributed by atoms with Gasteiger partial charge in [-0.05, 0) is 37.9 Å². The first-order valence-electron chi connectivity index (χ1n) is 7.81. The van der Waals surface area contributed by atoms with E-state index in [1.165, 1.54) is 11.3 Å². The van der Waals surface area contributed by atoms with E-state index in [-0.39, 0.29) is 5.92 Å². The number of carbonyl (C=O) groups is 1. The number of halogens is 3. The van der Waals surface area contributed by atoms with Crippen LogP contribution in [-0.2, 0) is 12.7 Å². The zero-order valence-corrected chi connectivity index (χ0v) is 15.1. The van der Waals surface area contributed by atoms with Crippen LogP contribution in [0.25, 0.3) is 0 Å². The number of aromatic nitrogens is 1. The molecule has 1 atom stereocenters. The maximum atomic E-state index is 12.7. The molecule has 3 rings (SSSR count). The molecule has 1 fully saturated rings. The van der Waals surface area contributed by atoms with Gasteiger partial charge in [0.25, 0.3) is 0 Å². The Morgan fingerprint density at radius 3 is 2.84 bits per heavy atom. The maximum absolute atomic E-state index is 12.7. The summed E-state index contributed by atoms with van der Waals surface area (Å²) in [7, 11) is 0. The zero-order chi connectivity index (χ0) is 18.2. The quantitative estimate of drug-likeness (QED) is 0.828. The molecule has 0 amide bonds. The van der Waals surface area contributed by atoms with E-state index in [4.69, 9.17) is 5.11 Å². The van der Waals surface area contributed by atoms with E-state index in [0.29, 0.717) is 23.0 Å². The van der Waals surface area contributed by atoms with Gasteiger partial charge in [-0.15, -0.1) is 22.7 Å². The molecule has 0 spiro atoms. The second-order valence-corrected chi connectivity index (χ2v) is 8.29. The van der Waals surface area contributed by atoms with E-state index in [2.05, 4.69) is 9.88 Å². The average molecular weight is 390 g/mol. The van der Waals surface area contributed by atoms with Crippen molar-refractivity contribution >= 4 is 28.6 Å². The van der Waals surface area contributed by atoms with Gasteiger partial charge in [0.1, 0.15) is 4.88 Å². The Morgan fingerprint density at radius 1 is 1.48 bits per heavy atom. The second-order valence-electron chi connectivity index (χ2n) is 6.14. The normalized spacial score (nSPS) is 19.3. The molecule has 1 saturated heterocycles. The summed E-state index contributed by atoms with van der Waals surface area (Å²) in [5.41, 5.74) is 0.155. The van der Waals surface area contributed by atoms with Crippen molar-refractivity contribution in [2.75, 3.05) is 13.1 Å². The van der Waals surface area contributed by atoms with Crippen LogP contribution < -0.4 is 0 Å². The van der Waals surface area contributed by atoms with Crippen LogP contribution in [0, 0.1) is 6.92 Å². The van der Waals surface area contributed by atoms with Crippen molar-refractivity contribution in [2.45, 2.75) is 38.4 Å². The molecule has 25 heavy (non-hydrogen) atoms. The first-order chi connectivity index (χ1) is 11.7. The summed E-state index contributed by atoms with van der Waals surface area (Å²) >= 11 is 2.32. The number of likely N-dealkylation sites (tertiary alicyclic amines) is 1. The molecule has 136 valence electrons. The minimum absolute atomic E-state index is 0.00673. The number of carboxylic acids is 1. The first-order valence-corrected chi connectivity index (χ1v) is 9.51. The number of nitrogens with zero attached hydrogens (tertiary/aromatic N) is 2. The molecule has 9 heteroatoms. The molecule has 1 N–H and O–H groups in total. The van der Waals surface area contributed by atoms with E-state index in [1.807, 2.05) is 6.92 Å². The molecule has 0 radical (unpaired) electrons. The summed E-state index contributed by atoms with van der Waals surface area (Å²) in [5, 5.41) is 10.7. The fraction of sp³-hybridized carbons (Fsp3) is 0.500. The van der Waals surface area contributed by atoms with Crippen molar-refractivity contribution in [2.24, 2.45) is 0 Å². The Hall–Kier alpha value is -1.45. The zero-order valence-electron chi connectivity index (χ0n) is 13.5. The van der Waals surface area contributed by atoms with Crippen LogP contribution in [0.4, 0.5) is 13.2 Å². The molecule has 3 heterocycles. The molecule has 0 bridgehead atoms. The number of alkyl halides is 3. The first kappa shape index (κ1) is 18.3. The summed E-state index contributed by atoms with van der Waals surface area (Å²) < 4.78 is 38.2. The molecule has 2 aromatic heterocycles. The van der Waals surface area contributed by atoms with Gasteiger partial charge < -0.3 is 5.11 Å². The van der Waals surface area contributed by atoms with Crippen LogP contribution in [0.2, 0.25) is 0 Å². The molecular formula is C16H17F3N2O2S2. The highest BCUT2D eigenvalue weighted by Gasteiger charge is 2.35. The molecule has 0 aliphatic carbocycles. The lowest BCUT2D eigenvalue weighted by atomic mass is 9.98. The Kier molecular flexibility index (Phi) is 5.17. The predicted molar refractivity (Wildman–Crippen MR) is 90.4 cm³/mol. The highest BCUT2D eigenvalue weighted by molar-refractivity contribution is 7.14. The number of aromatic carboxylic acids is 1. The molecule has 1 unspecified atom stereocenters. The summed E-state index contributed by atoms with van der Waals surface area (Å²) in [4.78, 5) is 18.3. The minimum Gasteiger partial charge on any atom is -0.477 e.